The van der Waals surface area contributed by atoms with Crippen molar-refractivity contribution in [1.29, 1.82) is 0 Å². The number of nitrogens with zero attached hydrogens (tertiary/aromatic N) is 2. The number of hydrogen-bond acceptors (Lipinski definition) is 9. The first-order valence-electron chi connectivity index (χ1n) is 11.1. The minimum atomic E-state index is -0.485. The maximum atomic E-state index is 13.0. The SMILES string of the molecule is COc1ccc(C(=O)NN2C(=O)/C(=C\c3ccc(OCc4ccc([N+](=O)[O-])cc4)c(OC)c3)SC2=S)cc1. The van der Waals surface area contributed by atoms with E-state index in [1.807, 2.05) is 0 Å². The lowest BCUT2D eigenvalue weighted by Crippen LogP contribution is -2.44. The summed E-state index contributed by atoms with van der Waals surface area (Å²) in [7, 11) is 3.02. The Labute approximate surface area is 227 Å². The molecule has 0 aromatic heterocycles. The van der Waals surface area contributed by atoms with Crippen molar-refractivity contribution >= 4 is 51.9 Å². The van der Waals surface area contributed by atoms with Crippen LogP contribution in [0.25, 0.3) is 6.08 Å². The van der Waals surface area contributed by atoms with Crippen molar-refractivity contribution in [2.45, 2.75) is 6.61 Å². The van der Waals surface area contributed by atoms with Gasteiger partial charge in [-0.05, 0) is 78.0 Å². The molecule has 1 aliphatic heterocycles. The van der Waals surface area contributed by atoms with Gasteiger partial charge in [0.25, 0.3) is 17.5 Å². The number of methoxy groups -OCH3 is 2. The van der Waals surface area contributed by atoms with E-state index in [2.05, 4.69) is 5.43 Å². The normalized spacial score (nSPS) is 13.9. The Balaban J connectivity index is 1.43. The van der Waals surface area contributed by atoms with Crippen LogP contribution >= 0.6 is 24.0 Å². The molecule has 12 heteroatoms. The summed E-state index contributed by atoms with van der Waals surface area (Å²) >= 11 is 6.36. The second-order valence-corrected chi connectivity index (χ2v) is 9.48. The molecular weight excluding hydrogens is 530 g/mol. The summed E-state index contributed by atoms with van der Waals surface area (Å²) in [5.74, 6) is 0.556. The summed E-state index contributed by atoms with van der Waals surface area (Å²) in [6.07, 6.45) is 1.64. The van der Waals surface area contributed by atoms with E-state index >= 15 is 0 Å². The van der Waals surface area contributed by atoms with E-state index in [9.17, 15) is 19.7 Å². The first-order chi connectivity index (χ1) is 18.3. The van der Waals surface area contributed by atoms with E-state index in [4.69, 9.17) is 26.4 Å². The number of rotatable bonds is 9. The Morgan fingerprint density at radius 2 is 1.76 bits per heavy atom. The van der Waals surface area contributed by atoms with E-state index in [-0.39, 0.29) is 16.6 Å². The molecule has 0 bridgehead atoms. The van der Waals surface area contributed by atoms with Gasteiger partial charge in [0.2, 0.25) is 0 Å². The standard InChI is InChI=1S/C26H21N3O7S2/c1-34-20-10-6-18(7-11-20)24(30)27-28-25(31)23(38-26(28)37)14-17-5-12-21(22(13-17)35-2)36-15-16-3-8-19(9-4-16)29(32)33/h3-14H,15H2,1-2H3,(H,27,30)/b23-14+. The summed E-state index contributed by atoms with van der Waals surface area (Å²) in [6.45, 7) is 0.181. The number of thiocarbonyl (C=S) groups is 1. The Kier molecular flexibility index (Phi) is 8.24. The van der Waals surface area contributed by atoms with Gasteiger partial charge in [0.1, 0.15) is 12.4 Å². The smallest absolute Gasteiger partial charge is 0.285 e. The molecule has 0 aliphatic carbocycles. The van der Waals surface area contributed by atoms with Crippen LogP contribution in [0.1, 0.15) is 21.5 Å². The molecule has 0 atom stereocenters. The van der Waals surface area contributed by atoms with Crippen LogP contribution in [-0.4, -0.2) is 40.3 Å². The molecule has 194 valence electrons. The minimum absolute atomic E-state index is 0.00129. The highest BCUT2D eigenvalue weighted by Crippen LogP contribution is 2.34. The second kappa shape index (κ2) is 11.8. The van der Waals surface area contributed by atoms with Crippen molar-refractivity contribution in [2.75, 3.05) is 14.2 Å². The number of carbonyl (C=O) groups excluding carboxylic acids is 2. The van der Waals surface area contributed by atoms with Crippen molar-refractivity contribution in [1.82, 2.24) is 10.4 Å². The summed E-state index contributed by atoms with van der Waals surface area (Å²) in [5.41, 5.74) is 4.30. The van der Waals surface area contributed by atoms with Crippen LogP contribution in [0.3, 0.4) is 0 Å². The third-order valence-corrected chi connectivity index (χ3v) is 6.69. The van der Waals surface area contributed by atoms with Crippen LogP contribution in [0.15, 0.2) is 71.6 Å². The van der Waals surface area contributed by atoms with Crippen molar-refractivity contribution in [3.63, 3.8) is 0 Å². The van der Waals surface area contributed by atoms with Gasteiger partial charge >= 0.3 is 0 Å². The van der Waals surface area contributed by atoms with Crippen LogP contribution < -0.4 is 19.6 Å². The van der Waals surface area contributed by atoms with Crippen molar-refractivity contribution < 1.29 is 28.7 Å². The van der Waals surface area contributed by atoms with Crippen molar-refractivity contribution in [3.05, 3.63) is 98.4 Å². The molecule has 0 radical (unpaired) electrons. The summed E-state index contributed by atoms with van der Waals surface area (Å²) in [4.78, 5) is 36.2. The molecule has 3 aromatic carbocycles. The van der Waals surface area contributed by atoms with Crippen molar-refractivity contribution in [3.8, 4) is 17.2 Å². The van der Waals surface area contributed by atoms with Gasteiger partial charge in [-0.2, -0.15) is 5.01 Å². The average Bonchev–Trinajstić information content (AvgIpc) is 3.19. The number of amides is 2. The second-order valence-electron chi connectivity index (χ2n) is 7.81. The molecule has 2 amide bonds. The zero-order valence-electron chi connectivity index (χ0n) is 20.2. The molecular formula is C26H21N3O7S2. The first kappa shape index (κ1) is 26.6. The highest BCUT2D eigenvalue weighted by Gasteiger charge is 2.33. The summed E-state index contributed by atoms with van der Waals surface area (Å²) in [5, 5.41) is 11.9. The zero-order valence-corrected chi connectivity index (χ0v) is 21.8. The van der Waals surface area contributed by atoms with Gasteiger partial charge in [0, 0.05) is 17.7 Å². The number of carbonyl (C=O) groups is 2. The highest BCUT2D eigenvalue weighted by molar-refractivity contribution is 8.26. The maximum Gasteiger partial charge on any atom is 0.285 e. The Hall–Kier alpha value is -4.42. The lowest BCUT2D eigenvalue weighted by Gasteiger charge is -2.15. The van der Waals surface area contributed by atoms with Crippen LogP contribution in [0.4, 0.5) is 5.69 Å². The largest absolute Gasteiger partial charge is 0.497 e. The predicted octanol–water partition coefficient (Wildman–Crippen LogP) is 4.74. The molecule has 1 heterocycles. The van der Waals surface area contributed by atoms with Gasteiger partial charge in [-0.3, -0.25) is 25.1 Å². The van der Waals surface area contributed by atoms with Crippen LogP contribution in [-0.2, 0) is 11.4 Å². The van der Waals surface area contributed by atoms with E-state index in [0.717, 1.165) is 22.3 Å². The van der Waals surface area contributed by atoms with Crippen LogP contribution in [0.5, 0.6) is 17.2 Å². The van der Waals surface area contributed by atoms with Crippen LogP contribution in [0.2, 0.25) is 0 Å². The quantitative estimate of drug-likeness (QED) is 0.174. The number of hydrogen-bond donors (Lipinski definition) is 1. The molecule has 0 spiro atoms. The lowest BCUT2D eigenvalue weighted by molar-refractivity contribution is -0.384. The topological polar surface area (TPSA) is 120 Å². The number of ether oxygens (including phenoxy) is 3. The number of benzene rings is 3. The highest BCUT2D eigenvalue weighted by atomic mass is 32.2. The molecule has 0 unspecified atom stereocenters. The van der Waals surface area contributed by atoms with Crippen molar-refractivity contribution in [2.24, 2.45) is 0 Å². The Bertz CT molecular complexity index is 1420. The molecule has 0 saturated carbocycles. The lowest BCUT2D eigenvalue weighted by atomic mass is 10.1. The van der Waals surface area contributed by atoms with E-state index < -0.39 is 16.7 Å². The summed E-state index contributed by atoms with van der Waals surface area (Å²) < 4.78 is 16.5. The number of thioether (sulfide) groups is 1. The number of hydrazine groups is 1. The number of nitro benzene ring substituents is 1. The molecule has 1 N–H and O–H groups in total. The van der Waals surface area contributed by atoms with Gasteiger partial charge in [0.05, 0.1) is 24.0 Å². The number of nitro groups is 1. The van der Waals surface area contributed by atoms with Gasteiger partial charge in [-0.15, -0.1) is 0 Å². The van der Waals surface area contributed by atoms with Gasteiger partial charge in [-0.1, -0.05) is 17.8 Å². The van der Waals surface area contributed by atoms with Crippen LogP contribution in [0, 0.1) is 10.1 Å². The number of non-ortho nitro benzene ring substituents is 1. The Morgan fingerprint density at radius 1 is 1.05 bits per heavy atom. The predicted molar refractivity (Wildman–Crippen MR) is 146 cm³/mol. The Morgan fingerprint density at radius 3 is 2.39 bits per heavy atom. The van der Waals surface area contributed by atoms with E-state index in [1.54, 1.807) is 60.7 Å². The first-order valence-corrected chi connectivity index (χ1v) is 12.3. The van der Waals surface area contributed by atoms with E-state index in [0.29, 0.717) is 33.3 Å². The van der Waals surface area contributed by atoms with Gasteiger partial charge in [0.15, 0.2) is 15.8 Å². The minimum Gasteiger partial charge on any atom is -0.497 e. The monoisotopic (exact) mass is 551 g/mol. The molecule has 1 saturated heterocycles. The third-order valence-electron chi connectivity index (χ3n) is 5.39. The molecule has 1 fully saturated rings. The molecule has 4 rings (SSSR count). The number of nitrogens with one attached hydrogen (secondary N) is 1. The zero-order chi connectivity index (χ0) is 27.2. The fourth-order valence-corrected chi connectivity index (χ4v) is 4.57. The fraction of sp³-hybridized carbons (Fsp3) is 0.115. The molecule has 1 aliphatic rings. The molecule has 10 nitrogen and oxygen atoms in total. The maximum absolute atomic E-state index is 13.0. The van der Waals surface area contributed by atoms with Gasteiger partial charge < -0.3 is 14.2 Å². The molecule has 3 aromatic rings. The summed E-state index contributed by atoms with van der Waals surface area (Å²) in [6, 6.07) is 17.7. The molecule has 38 heavy (non-hydrogen) atoms. The average molecular weight is 552 g/mol. The third kappa shape index (κ3) is 6.10. The van der Waals surface area contributed by atoms with E-state index in [1.165, 1.54) is 26.4 Å². The fourth-order valence-electron chi connectivity index (χ4n) is 3.39. The van der Waals surface area contributed by atoms with Gasteiger partial charge in [-0.25, -0.2) is 0 Å².